The van der Waals surface area contributed by atoms with Crippen LogP contribution in [0.3, 0.4) is 0 Å². The van der Waals surface area contributed by atoms with Crippen molar-refractivity contribution in [2.75, 3.05) is 39.9 Å². The summed E-state index contributed by atoms with van der Waals surface area (Å²) in [6, 6.07) is 4.83. The predicted molar refractivity (Wildman–Crippen MR) is 89.6 cm³/mol. The van der Waals surface area contributed by atoms with Crippen LogP contribution in [-0.4, -0.2) is 52.6 Å². The van der Waals surface area contributed by atoms with E-state index in [1.807, 2.05) is 20.9 Å². The van der Waals surface area contributed by atoms with E-state index in [4.69, 9.17) is 9.47 Å². The van der Waals surface area contributed by atoms with E-state index in [9.17, 15) is 8.42 Å². The first-order valence-corrected chi connectivity index (χ1v) is 9.51. The molecule has 2 rings (SSSR count). The Morgan fingerprint density at radius 3 is 2.57 bits per heavy atom. The summed E-state index contributed by atoms with van der Waals surface area (Å²) in [6.45, 7) is 6.65. The number of nitrogens with one attached hydrogen (secondary N) is 1. The molecule has 23 heavy (non-hydrogen) atoms. The molecular weight excluding hydrogens is 316 g/mol. The lowest BCUT2D eigenvalue weighted by Crippen LogP contribution is -2.30. The van der Waals surface area contributed by atoms with Gasteiger partial charge in [0.1, 0.15) is 0 Å². The molecule has 1 atom stereocenters. The summed E-state index contributed by atoms with van der Waals surface area (Å²) in [6.07, 6.45) is 0.884. The normalized spacial score (nSPS) is 19.0. The maximum atomic E-state index is 12.8. The van der Waals surface area contributed by atoms with Gasteiger partial charge in [-0.25, -0.2) is 8.42 Å². The van der Waals surface area contributed by atoms with Crippen LogP contribution in [0.1, 0.15) is 20.3 Å². The van der Waals surface area contributed by atoms with Crippen molar-refractivity contribution in [3.63, 3.8) is 0 Å². The topological polar surface area (TPSA) is 67.9 Å². The van der Waals surface area contributed by atoms with Crippen molar-refractivity contribution >= 4 is 10.0 Å². The summed E-state index contributed by atoms with van der Waals surface area (Å²) in [7, 11) is -1.61. The van der Waals surface area contributed by atoms with Gasteiger partial charge in [0.15, 0.2) is 11.5 Å². The van der Waals surface area contributed by atoms with Gasteiger partial charge >= 0.3 is 0 Å². The molecule has 1 fully saturated rings. The number of hydrogen-bond donors (Lipinski definition) is 1. The van der Waals surface area contributed by atoms with Crippen molar-refractivity contribution in [2.45, 2.75) is 25.2 Å². The average molecular weight is 342 g/mol. The zero-order valence-electron chi connectivity index (χ0n) is 14.0. The number of benzene rings is 1. The van der Waals surface area contributed by atoms with E-state index < -0.39 is 10.0 Å². The smallest absolute Gasteiger partial charge is 0.243 e. The first-order chi connectivity index (χ1) is 11.0. The van der Waals surface area contributed by atoms with Crippen LogP contribution in [0.4, 0.5) is 0 Å². The van der Waals surface area contributed by atoms with Crippen LogP contribution in [0.25, 0.3) is 0 Å². The van der Waals surface area contributed by atoms with E-state index in [-0.39, 0.29) is 4.90 Å². The summed E-state index contributed by atoms with van der Waals surface area (Å²) >= 11 is 0. The highest BCUT2D eigenvalue weighted by molar-refractivity contribution is 7.89. The monoisotopic (exact) mass is 342 g/mol. The summed E-state index contributed by atoms with van der Waals surface area (Å²) in [4.78, 5) is 0.259. The first kappa shape index (κ1) is 18.0. The lowest BCUT2D eigenvalue weighted by Gasteiger charge is -2.18. The molecule has 130 valence electrons. The third kappa shape index (κ3) is 4.16. The summed E-state index contributed by atoms with van der Waals surface area (Å²) < 4.78 is 38.2. The Bertz CT molecular complexity index is 619. The van der Waals surface area contributed by atoms with E-state index in [1.165, 1.54) is 0 Å². The van der Waals surface area contributed by atoms with E-state index in [0.29, 0.717) is 43.7 Å². The zero-order chi connectivity index (χ0) is 16.9. The highest BCUT2D eigenvalue weighted by Gasteiger charge is 2.32. The van der Waals surface area contributed by atoms with Gasteiger partial charge in [-0.2, -0.15) is 4.31 Å². The van der Waals surface area contributed by atoms with Crippen LogP contribution in [-0.2, 0) is 10.0 Å². The van der Waals surface area contributed by atoms with Crippen molar-refractivity contribution in [1.82, 2.24) is 9.62 Å². The largest absolute Gasteiger partial charge is 0.490 e. The summed E-state index contributed by atoms with van der Waals surface area (Å²) in [5, 5.41) is 3.11. The second kappa shape index (κ2) is 7.99. The fraction of sp³-hybridized carbons (Fsp3) is 0.625. The Hall–Kier alpha value is -1.31. The van der Waals surface area contributed by atoms with E-state index in [1.54, 1.807) is 22.5 Å². The fourth-order valence-corrected chi connectivity index (χ4v) is 4.36. The number of rotatable bonds is 8. The second-order valence-corrected chi connectivity index (χ2v) is 7.49. The molecule has 7 heteroatoms. The molecule has 1 heterocycles. The molecule has 1 aliphatic heterocycles. The molecule has 0 spiro atoms. The minimum atomic E-state index is -3.49. The lowest BCUT2D eigenvalue weighted by molar-refractivity contribution is 0.287. The quantitative estimate of drug-likeness (QED) is 0.779. The maximum absolute atomic E-state index is 12.8. The second-order valence-electron chi connectivity index (χ2n) is 5.55. The van der Waals surface area contributed by atoms with Crippen LogP contribution in [0.15, 0.2) is 23.1 Å². The van der Waals surface area contributed by atoms with Gasteiger partial charge in [-0.05, 0) is 51.9 Å². The van der Waals surface area contributed by atoms with Crippen molar-refractivity contribution in [1.29, 1.82) is 0 Å². The van der Waals surface area contributed by atoms with E-state index >= 15 is 0 Å². The Morgan fingerprint density at radius 2 is 1.91 bits per heavy atom. The number of ether oxygens (including phenoxy) is 2. The van der Waals surface area contributed by atoms with Crippen molar-refractivity contribution in [3.05, 3.63) is 18.2 Å². The molecule has 0 bridgehead atoms. The zero-order valence-corrected chi connectivity index (χ0v) is 14.9. The predicted octanol–water partition coefficient (Wildman–Crippen LogP) is 1.71. The summed E-state index contributed by atoms with van der Waals surface area (Å²) in [5.41, 5.74) is 0. The Balaban J connectivity index is 2.24. The molecule has 6 nitrogen and oxygen atoms in total. The molecule has 1 aliphatic rings. The molecule has 0 unspecified atom stereocenters. The van der Waals surface area contributed by atoms with Gasteiger partial charge in [-0.15, -0.1) is 0 Å². The Labute approximate surface area is 138 Å². The van der Waals surface area contributed by atoms with Gasteiger partial charge in [0, 0.05) is 19.2 Å². The molecule has 0 amide bonds. The van der Waals surface area contributed by atoms with Gasteiger partial charge in [-0.3, -0.25) is 0 Å². The highest BCUT2D eigenvalue weighted by Crippen LogP contribution is 2.32. The molecule has 1 saturated heterocycles. The van der Waals surface area contributed by atoms with Gasteiger partial charge < -0.3 is 14.8 Å². The molecule has 1 aromatic carbocycles. The fourth-order valence-electron chi connectivity index (χ4n) is 2.81. The van der Waals surface area contributed by atoms with Gasteiger partial charge in [0.05, 0.1) is 18.1 Å². The Morgan fingerprint density at radius 1 is 1.22 bits per heavy atom. The van der Waals surface area contributed by atoms with Crippen LogP contribution in [0, 0.1) is 5.92 Å². The molecule has 0 aliphatic carbocycles. The van der Waals surface area contributed by atoms with Gasteiger partial charge in [-0.1, -0.05) is 0 Å². The van der Waals surface area contributed by atoms with Crippen LogP contribution in [0.2, 0.25) is 0 Å². The third-order valence-corrected chi connectivity index (χ3v) is 5.76. The van der Waals surface area contributed by atoms with Gasteiger partial charge in [0.2, 0.25) is 10.0 Å². The van der Waals surface area contributed by atoms with E-state index in [2.05, 4.69) is 5.32 Å². The third-order valence-electron chi connectivity index (χ3n) is 3.89. The van der Waals surface area contributed by atoms with Crippen molar-refractivity contribution in [2.24, 2.45) is 5.92 Å². The number of hydrogen-bond acceptors (Lipinski definition) is 5. The molecule has 0 saturated carbocycles. The number of sulfonamides is 1. The van der Waals surface area contributed by atoms with Crippen molar-refractivity contribution in [3.8, 4) is 11.5 Å². The molecule has 1 aromatic rings. The highest BCUT2D eigenvalue weighted by atomic mass is 32.2. The molecular formula is C16H26N2O4S. The molecule has 1 N–H and O–H groups in total. The van der Waals surface area contributed by atoms with Crippen molar-refractivity contribution < 1.29 is 17.9 Å². The number of nitrogens with zero attached hydrogens (tertiary/aromatic N) is 1. The van der Waals surface area contributed by atoms with E-state index in [0.717, 1.165) is 13.0 Å². The average Bonchev–Trinajstić information content (AvgIpc) is 2.99. The minimum absolute atomic E-state index is 0.259. The molecule has 0 aromatic heterocycles. The van der Waals surface area contributed by atoms with Crippen LogP contribution >= 0.6 is 0 Å². The SMILES string of the molecule is CCOc1ccc(S(=O)(=O)N2CC[C@@H](CNC)C2)cc1OCC. The lowest BCUT2D eigenvalue weighted by atomic mass is 10.1. The van der Waals surface area contributed by atoms with Gasteiger partial charge in [0.25, 0.3) is 0 Å². The maximum Gasteiger partial charge on any atom is 0.243 e. The molecule has 0 radical (unpaired) electrons. The van der Waals surface area contributed by atoms with Crippen LogP contribution < -0.4 is 14.8 Å². The minimum Gasteiger partial charge on any atom is -0.490 e. The van der Waals surface area contributed by atoms with Crippen LogP contribution in [0.5, 0.6) is 11.5 Å². The first-order valence-electron chi connectivity index (χ1n) is 8.07. The Kier molecular flexibility index (Phi) is 6.26. The summed E-state index contributed by atoms with van der Waals surface area (Å²) in [5.74, 6) is 1.41. The standard InChI is InChI=1S/C16H26N2O4S/c1-4-21-15-7-6-14(10-16(15)22-5-2)23(19,20)18-9-8-13(12-18)11-17-3/h6-7,10,13,17H,4-5,8-9,11-12H2,1-3H3/t13-/m0/s1.